The van der Waals surface area contributed by atoms with Crippen LogP contribution in [0.2, 0.25) is 0 Å². The minimum atomic E-state index is -0.547. The predicted octanol–water partition coefficient (Wildman–Crippen LogP) is -0.455. The number of methoxy groups -OCH3 is 2. The van der Waals surface area contributed by atoms with Crippen molar-refractivity contribution >= 4 is 36.0 Å². The molecule has 60 heavy (non-hydrogen) atoms. The molecule has 0 atom stereocenters. The Balaban J connectivity index is 2.26. The fourth-order valence-corrected chi connectivity index (χ4v) is 4.34. The Morgan fingerprint density at radius 1 is 0.550 bits per heavy atom. The average Bonchev–Trinajstić information content (AvgIpc) is 3.25. The number of rotatable bonds is 44. The number of carbonyl (C=O) groups is 4. The highest BCUT2D eigenvalue weighted by molar-refractivity contribution is 5.81. The van der Waals surface area contributed by atoms with Gasteiger partial charge in [-0.3, -0.25) is 19.2 Å². The first-order valence-corrected chi connectivity index (χ1v) is 20.0. The molecule has 0 spiro atoms. The van der Waals surface area contributed by atoms with E-state index in [1.54, 1.807) is 44.7 Å². The quantitative estimate of drug-likeness (QED) is 0.0281. The molecule has 0 saturated heterocycles. The predicted molar refractivity (Wildman–Crippen MR) is 218 cm³/mol. The van der Waals surface area contributed by atoms with Gasteiger partial charge in [-0.25, -0.2) is 0 Å². The van der Waals surface area contributed by atoms with E-state index in [4.69, 9.17) is 56.9 Å². The lowest BCUT2D eigenvalue weighted by atomic mass is 10.2. The minimum Gasteiger partial charge on any atom is -0.396 e. The van der Waals surface area contributed by atoms with E-state index in [2.05, 4.69) is 26.4 Å². The van der Waals surface area contributed by atoms with Crippen LogP contribution >= 0.6 is 0 Å². The number of ether oxygens (including phenoxy) is 11. The van der Waals surface area contributed by atoms with Gasteiger partial charge in [-0.05, 0) is 30.5 Å². The SMILES string of the molecule is COCCOCCOCC(=O)NCCOCCOCC(COCCOCCNC(=O)COCCOCCOC)OCC(=O)NCCCCO/N=C\c1ccc(NC=O)cc1. The Hall–Kier alpha value is -3.87. The topological polar surface area (TPSA) is 240 Å². The Morgan fingerprint density at radius 3 is 1.55 bits per heavy atom. The van der Waals surface area contributed by atoms with Gasteiger partial charge in [0.2, 0.25) is 24.1 Å². The zero-order chi connectivity index (χ0) is 43.4. The standard InChI is InChI=1S/C39H67N5O16/c1-49-15-17-53-21-25-57-30-37(46)41-10-13-51-19-23-55-28-36(29-56-24-20-52-14-11-42-38(47)31-58-26-22-54-18-16-50-2)59-32-39(48)40-9-3-4-12-60-44-27-34-5-7-35(8-6-34)43-33-45/h5-8,27,33,36H,3-4,9-26,28-32H2,1-2H3,(H,40,48)(H,41,46)(H,42,47)(H,43,45)/b44-27-. The molecule has 0 fully saturated rings. The van der Waals surface area contributed by atoms with Gasteiger partial charge in [0, 0.05) is 39.5 Å². The number of nitrogens with zero attached hydrogens (tertiary/aromatic N) is 1. The van der Waals surface area contributed by atoms with Gasteiger partial charge in [0.15, 0.2) is 0 Å². The molecule has 0 saturated carbocycles. The van der Waals surface area contributed by atoms with E-state index >= 15 is 0 Å². The molecule has 0 aliphatic carbocycles. The summed E-state index contributed by atoms with van der Waals surface area (Å²) in [6.07, 6.45) is 2.99. The van der Waals surface area contributed by atoms with E-state index in [9.17, 15) is 19.2 Å². The zero-order valence-electron chi connectivity index (χ0n) is 35.2. The lowest BCUT2D eigenvalue weighted by Crippen LogP contribution is -2.34. The van der Waals surface area contributed by atoms with E-state index < -0.39 is 6.10 Å². The molecule has 0 bridgehead atoms. The first-order chi connectivity index (χ1) is 29.5. The second-order valence-electron chi connectivity index (χ2n) is 12.3. The summed E-state index contributed by atoms with van der Waals surface area (Å²) in [5.41, 5.74) is 1.51. The molecule has 0 aliphatic rings. The summed E-state index contributed by atoms with van der Waals surface area (Å²) in [5.74, 6) is -0.797. The van der Waals surface area contributed by atoms with Gasteiger partial charge < -0.3 is 78.2 Å². The number of oxime groups is 1. The van der Waals surface area contributed by atoms with Crippen molar-refractivity contribution in [3.63, 3.8) is 0 Å². The maximum Gasteiger partial charge on any atom is 0.246 e. The molecular weight excluding hydrogens is 794 g/mol. The Kier molecular flexibility index (Phi) is 37.8. The smallest absolute Gasteiger partial charge is 0.246 e. The van der Waals surface area contributed by atoms with Gasteiger partial charge in [0.25, 0.3) is 0 Å². The van der Waals surface area contributed by atoms with Gasteiger partial charge in [0.05, 0.1) is 112 Å². The zero-order valence-corrected chi connectivity index (χ0v) is 35.2. The van der Waals surface area contributed by atoms with Crippen molar-refractivity contribution in [1.29, 1.82) is 0 Å². The summed E-state index contributed by atoms with van der Waals surface area (Å²) in [5, 5.41) is 14.7. The third-order valence-electron chi connectivity index (χ3n) is 7.41. The van der Waals surface area contributed by atoms with Crippen molar-refractivity contribution in [2.45, 2.75) is 18.9 Å². The van der Waals surface area contributed by atoms with Crippen molar-refractivity contribution in [2.75, 3.05) is 171 Å². The molecular formula is C39H67N5O16. The average molecular weight is 862 g/mol. The summed E-state index contributed by atoms with van der Waals surface area (Å²) >= 11 is 0. The third-order valence-corrected chi connectivity index (χ3v) is 7.41. The molecule has 1 aromatic carbocycles. The molecule has 1 rings (SSSR count). The number of hydrogen-bond acceptors (Lipinski definition) is 17. The van der Waals surface area contributed by atoms with Crippen LogP contribution in [0.3, 0.4) is 0 Å². The van der Waals surface area contributed by atoms with E-state index in [-0.39, 0.29) is 90.4 Å². The molecule has 21 heteroatoms. The first kappa shape index (κ1) is 54.1. The molecule has 0 heterocycles. The molecule has 4 amide bonds. The number of benzene rings is 1. The number of amides is 4. The third kappa shape index (κ3) is 36.0. The first-order valence-electron chi connectivity index (χ1n) is 20.0. The van der Waals surface area contributed by atoms with Crippen LogP contribution < -0.4 is 21.3 Å². The van der Waals surface area contributed by atoms with Crippen LogP contribution in [-0.4, -0.2) is 202 Å². The van der Waals surface area contributed by atoms with Crippen molar-refractivity contribution < 1.29 is 76.1 Å². The van der Waals surface area contributed by atoms with Crippen LogP contribution in [0.15, 0.2) is 29.4 Å². The summed E-state index contributed by atoms with van der Waals surface area (Å²) < 4.78 is 59.1. The van der Waals surface area contributed by atoms with Crippen LogP contribution in [0.1, 0.15) is 18.4 Å². The monoisotopic (exact) mass is 861 g/mol. The number of unbranched alkanes of at least 4 members (excludes halogenated alkanes) is 1. The van der Waals surface area contributed by atoms with Crippen molar-refractivity contribution in [3.8, 4) is 0 Å². The van der Waals surface area contributed by atoms with Crippen LogP contribution in [-0.2, 0) is 76.1 Å². The van der Waals surface area contributed by atoms with Crippen molar-refractivity contribution in [2.24, 2.45) is 5.16 Å². The summed E-state index contributed by atoms with van der Waals surface area (Å²) in [6, 6.07) is 7.11. The van der Waals surface area contributed by atoms with Crippen molar-refractivity contribution in [1.82, 2.24) is 16.0 Å². The molecule has 4 N–H and O–H groups in total. The number of hydrogen-bond donors (Lipinski definition) is 4. The highest BCUT2D eigenvalue weighted by Crippen LogP contribution is 2.07. The Labute approximate surface area is 353 Å². The molecule has 0 unspecified atom stereocenters. The fraction of sp³-hybridized carbons (Fsp3) is 0.718. The van der Waals surface area contributed by atoms with Gasteiger partial charge in [-0.2, -0.15) is 0 Å². The number of nitrogens with one attached hydrogen (secondary N) is 4. The fourth-order valence-electron chi connectivity index (χ4n) is 4.34. The second-order valence-corrected chi connectivity index (χ2v) is 12.3. The van der Waals surface area contributed by atoms with Crippen LogP contribution in [0.5, 0.6) is 0 Å². The van der Waals surface area contributed by atoms with Gasteiger partial charge in [-0.15, -0.1) is 0 Å². The maximum absolute atomic E-state index is 12.5. The highest BCUT2D eigenvalue weighted by atomic mass is 16.6. The lowest BCUT2D eigenvalue weighted by Gasteiger charge is -2.18. The van der Waals surface area contributed by atoms with E-state index in [0.29, 0.717) is 104 Å². The molecule has 1 aromatic rings. The molecule has 0 radical (unpaired) electrons. The molecule has 344 valence electrons. The lowest BCUT2D eigenvalue weighted by molar-refractivity contribution is -0.132. The van der Waals surface area contributed by atoms with E-state index in [1.807, 2.05) is 0 Å². The molecule has 0 aromatic heterocycles. The second kappa shape index (κ2) is 41.8. The Bertz CT molecular complexity index is 1170. The summed E-state index contributed by atoms with van der Waals surface area (Å²) in [4.78, 5) is 52.0. The maximum atomic E-state index is 12.5. The number of carbonyl (C=O) groups excluding carboxylic acids is 4. The van der Waals surface area contributed by atoms with Crippen LogP contribution in [0, 0.1) is 0 Å². The van der Waals surface area contributed by atoms with E-state index in [1.165, 1.54) is 0 Å². The van der Waals surface area contributed by atoms with Gasteiger partial charge >= 0.3 is 0 Å². The molecule has 0 aliphatic heterocycles. The molecule has 21 nitrogen and oxygen atoms in total. The van der Waals surface area contributed by atoms with Crippen LogP contribution in [0.4, 0.5) is 5.69 Å². The van der Waals surface area contributed by atoms with Crippen LogP contribution in [0.25, 0.3) is 0 Å². The number of anilines is 1. The van der Waals surface area contributed by atoms with E-state index in [0.717, 1.165) is 5.56 Å². The minimum absolute atomic E-state index is 0.0715. The van der Waals surface area contributed by atoms with Crippen molar-refractivity contribution in [3.05, 3.63) is 29.8 Å². The summed E-state index contributed by atoms with van der Waals surface area (Å²) in [6.45, 7) is 6.35. The Morgan fingerprint density at radius 2 is 1.02 bits per heavy atom. The largest absolute Gasteiger partial charge is 0.396 e. The highest BCUT2D eigenvalue weighted by Gasteiger charge is 2.13. The van der Waals surface area contributed by atoms with Gasteiger partial charge in [-0.1, -0.05) is 17.3 Å². The van der Waals surface area contributed by atoms with Gasteiger partial charge in [0.1, 0.15) is 32.5 Å². The normalized spacial score (nSPS) is 11.2. The summed E-state index contributed by atoms with van der Waals surface area (Å²) in [7, 11) is 3.19.